The second kappa shape index (κ2) is 6.02. The van der Waals surface area contributed by atoms with E-state index >= 15 is 0 Å². The van der Waals surface area contributed by atoms with E-state index in [4.69, 9.17) is 0 Å². The third-order valence-electron chi connectivity index (χ3n) is 4.94. The molecule has 2 nitrogen and oxygen atoms in total. The standard InChI is InChI=1S/C18H20F3NO/c1-12-16(13-4-6-14(7-5-13)18(19,20)21)10-15(23)11-17(12)22-8-2-3-9-22/h4-7,11-12,16H,2-3,8-10H2,1H3. The van der Waals surface area contributed by atoms with Crippen molar-refractivity contribution in [1.29, 1.82) is 0 Å². The van der Waals surface area contributed by atoms with Crippen molar-refractivity contribution in [2.24, 2.45) is 5.92 Å². The van der Waals surface area contributed by atoms with Crippen molar-refractivity contribution in [3.8, 4) is 0 Å². The Hall–Kier alpha value is -1.78. The van der Waals surface area contributed by atoms with Gasteiger partial charge >= 0.3 is 6.18 Å². The Balaban J connectivity index is 1.85. The first-order chi connectivity index (χ1) is 10.9. The average molecular weight is 323 g/mol. The zero-order valence-electron chi connectivity index (χ0n) is 13.1. The van der Waals surface area contributed by atoms with Gasteiger partial charge in [0.1, 0.15) is 0 Å². The Morgan fingerprint density at radius 3 is 2.26 bits per heavy atom. The second-order valence-corrected chi connectivity index (χ2v) is 6.45. The lowest BCUT2D eigenvalue weighted by molar-refractivity contribution is -0.137. The summed E-state index contributed by atoms with van der Waals surface area (Å²) in [5, 5.41) is 0. The van der Waals surface area contributed by atoms with Gasteiger partial charge in [-0.05, 0) is 36.5 Å². The molecular formula is C18H20F3NO. The number of alkyl halides is 3. The van der Waals surface area contributed by atoms with Crippen LogP contribution in [0.25, 0.3) is 0 Å². The monoisotopic (exact) mass is 323 g/mol. The number of nitrogens with zero attached hydrogens (tertiary/aromatic N) is 1. The van der Waals surface area contributed by atoms with E-state index in [1.165, 1.54) is 12.1 Å². The van der Waals surface area contributed by atoms with Crippen LogP contribution in [0, 0.1) is 5.92 Å². The Labute approximate surface area is 134 Å². The number of hydrogen-bond donors (Lipinski definition) is 0. The Bertz CT molecular complexity index is 612. The molecule has 1 saturated heterocycles. The molecule has 1 heterocycles. The second-order valence-electron chi connectivity index (χ2n) is 6.45. The number of halogens is 3. The van der Waals surface area contributed by atoms with Crippen LogP contribution in [-0.4, -0.2) is 23.8 Å². The van der Waals surface area contributed by atoms with Crippen LogP contribution in [0.2, 0.25) is 0 Å². The fourth-order valence-corrected chi connectivity index (χ4v) is 3.64. The fraction of sp³-hybridized carbons (Fsp3) is 0.500. The number of benzene rings is 1. The molecule has 1 aromatic rings. The smallest absolute Gasteiger partial charge is 0.374 e. The molecule has 0 saturated carbocycles. The molecule has 2 unspecified atom stereocenters. The maximum atomic E-state index is 12.7. The first-order valence-electron chi connectivity index (χ1n) is 8.03. The average Bonchev–Trinajstić information content (AvgIpc) is 3.02. The Kier molecular flexibility index (Phi) is 4.21. The lowest BCUT2D eigenvalue weighted by atomic mass is 9.77. The van der Waals surface area contributed by atoms with E-state index < -0.39 is 11.7 Å². The molecule has 0 bridgehead atoms. The molecule has 1 aliphatic heterocycles. The molecule has 124 valence electrons. The summed E-state index contributed by atoms with van der Waals surface area (Å²) < 4.78 is 38.1. The van der Waals surface area contributed by atoms with E-state index in [0.717, 1.165) is 49.3 Å². The van der Waals surface area contributed by atoms with E-state index in [2.05, 4.69) is 11.8 Å². The van der Waals surface area contributed by atoms with Crippen LogP contribution in [-0.2, 0) is 11.0 Å². The first-order valence-corrected chi connectivity index (χ1v) is 8.03. The highest BCUT2D eigenvalue weighted by atomic mass is 19.4. The minimum atomic E-state index is -4.33. The SMILES string of the molecule is CC1C(N2CCCC2)=CC(=O)CC1c1ccc(C(F)(F)F)cc1. The van der Waals surface area contributed by atoms with E-state index in [1.807, 2.05) is 0 Å². The summed E-state index contributed by atoms with van der Waals surface area (Å²) >= 11 is 0. The van der Waals surface area contributed by atoms with Crippen molar-refractivity contribution in [3.05, 3.63) is 47.2 Å². The Morgan fingerprint density at radius 2 is 1.70 bits per heavy atom. The third kappa shape index (κ3) is 3.28. The summed E-state index contributed by atoms with van der Waals surface area (Å²) in [7, 11) is 0. The summed E-state index contributed by atoms with van der Waals surface area (Å²) in [4.78, 5) is 14.4. The number of allylic oxidation sites excluding steroid dienone is 2. The molecule has 5 heteroatoms. The number of hydrogen-bond acceptors (Lipinski definition) is 2. The van der Waals surface area contributed by atoms with Crippen molar-refractivity contribution in [2.45, 2.75) is 38.3 Å². The van der Waals surface area contributed by atoms with Crippen LogP contribution in [0.1, 0.15) is 43.2 Å². The van der Waals surface area contributed by atoms with Gasteiger partial charge < -0.3 is 4.90 Å². The Morgan fingerprint density at radius 1 is 1.09 bits per heavy atom. The number of rotatable bonds is 2. The highest BCUT2D eigenvalue weighted by Gasteiger charge is 2.34. The molecule has 1 aromatic carbocycles. The van der Waals surface area contributed by atoms with Gasteiger partial charge in [-0.25, -0.2) is 0 Å². The molecule has 23 heavy (non-hydrogen) atoms. The van der Waals surface area contributed by atoms with Crippen molar-refractivity contribution in [3.63, 3.8) is 0 Å². The van der Waals surface area contributed by atoms with Crippen LogP contribution in [0.4, 0.5) is 13.2 Å². The maximum absolute atomic E-state index is 12.7. The highest BCUT2D eigenvalue weighted by molar-refractivity contribution is 5.92. The van der Waals surface area contributed by atoms with Crippen molar-refractivity contribution >= 4 is 5.78 Å². The summed E-state index contributed by atoms with van der Waals surface area (Å²) in [5.41, 5.74) is 1.21. The van der Waals surface area contributed by atoms with Gasteiger partial charge in [-0.1, -0.05) is 19.1 Å². The number of carbonyl (C=O) groups is 1. The normalized spacial score (nSPS) is 25.7. The zero-order chi connectivity index (χ0) is 16.6. The van der Waals surface area contributed by atoms with E-state index in [0.29, 0.717) is 6.42 Å². The molecule has 0 radical (unpaired) electrons. The molecule has 1 aliphatic carbocycles. The molecule has 0 N–H and O–H groups in total. The molecule has 1 fully saturated rings. The molecule has 0 spiro atoms. The van der Waals surface area contributed by atoms with Crippen LogP contribution < -0.4 is 0 Å². The minimum Gasteiger partial charge on any atom is -0.374 e. The number of carbonyl (C=O) groups excluding carboxylic acids is 1. The van der Waals surface area contributed by atoms with Gasteiger partial charge in [0.05, 0.1) is 5.56 Å². The van der Waals surface area contributed by atoms with Gasteiger partial charge in [-0.15, -0.1) is 0 Å². The quantitative estimate of drug-likeness (QED) is 0.805. The predicted molar refractivity (Wildman–Crippen MR) is 81.9 cm³/mol. The largest absolute Gasteiger partial charge is 0.416 e. The molecule has 3 rings (SSSR count). The molecule has 2 aliphatic rings. The fourth-order valence-electron chi connectivity index (χ4n) is 3.64. The summed E-state index contributed by atoms with van der Waals surface area (Å²) in [6.45, 7) is 3.99. The van der Waals surface area contributed by atoms with Crippen LogP contribution in [0.3, 0.4) is 0 Å². The first kappa shape index (κ1) is 16.1. The lowest BCUT2D eigenvalue weighted by Gasteiger charge is -2.35. The van der Waals surface area contributed by atoms with Gasteiger partial charge in [0.2, 0.25) is 0 Å². The zero-order valence-corrected chi connectivity index (χ0v) is 13.1. The predicted octanol–water partition coefficient (Wildman–Crippen LogP) is 4.38. The summed E-state index contributed by atoms with van der Waals surface area (Å²) in [5.74, 6) is 0.155. The van der Waals surface area contributed by atoms with Gasteiger partial charge in [-0.3, -0.25) is 4.79 Å². The number of ketones is 1. The van der Waals surface area contributed by atoms with E-state index in [1.54, 1.807) is 6.08 Å². The van der Waals surface area contributed by atoms with Crippen LogP contribution in [0.15, 0.2) is 36.0 Å². The third-order valence-corrected chi connectivity index (χ3v) is 4.94. The molecule has 0 aromatic heterocycles. The number of likely N-dealkylation sites (tertiary alicyclic amines) is 1. The molecular weight excluding hydrogens is 303 g/mol. The molecule has 2 atom stereocenters. The summed E-state index contributed by atoms with van der Waals surface area (Å²) in [6.07, 6.45) is 0.0278. The lowest BCUT2D eigenvalue weighted by Crippen LogP contribution is -2.31. The summed E-state index contributed by atoms with van der Waals surface area (Å²) in [6, 6.07) is 5.26. The van der Waals surface area contributed by atoms with E-state index in [9.17, 15) is 18.0 Å². The van der Waals surface area contributed by atoms with Gasteiger partial charge in [0.25, 0.3) is 0 Å². The molecule has 0 amide bonds. The van der Waals surface area contributed by atoms with E-state index in [-0.39, 0.29) is 17.6 Å². The van der Waals surface area contributed by atoms with Gasteiger partial charge in [0, 0.05) is 37.2 Å². The van der Waals surface area contributed by atoms with Gasteiger partial charge in [-0.2, -0.15) is 13.2 Å². The van der Waals surface area contributed by atoms with Crippen LogP contribution >= 0.6 is 0 Å². The topological polar surface area (TPSA) is 20.3 Å². The van der Waals surface area contributed by atoms with Crippen molar-refractivity contribution in [1.82, 2.24) is 4.90 Å². The maximum Gasteiger partial charge on any atom is 0.416 e. The van der Waals surface area contributed by atoms with Crippen molar-refractivity contribution < 1.29 is 18.0 Å². The van der Waals surface area contributed by atoms with Crippen molar-refractivity contribution in [2.75, 3.05) is 13.1 Å². The highest BCUT2D eigenvalue weighted by Crippen LogP contribution is 2.40. The minimum absolute atomic E-state index is 0.0506. The van der Waals surface area contributed by atoms with Crippen LogP contribution in [0.5, 0.6) is 0 Å². The van der Waals surface area contributed by atoms with Gasteiger partial charge in [0.15, 0.2) is 5.78 Å².